The number of nitriles is 1. The molecule has 108 valence electrons. The van der Waals surface area contributed by atoms with Crippen LogP contribution in [0.5, 0.6) is 0 Å². The molecule has 4 rings (SSSR count). The molecule has 0 bridgehead atoms. The highest BCUT2D eigenvalue weighted by Gasteiger charge is 2.17. The summed E-state index contributed by atoms with van der Waals surface area (Å²) in [6.07, 6.45) is 3.92. The van der Waals surface area contributed by atoms with Crippen molar-refractivity contribution in [2.45, 2.75) is 12.8 Å². The molecule has 0 aliphatic carbocycles. The van der Waals surface area contributed by atoms with Gasteiger partial charge >= 0.3 is 0 Å². The lowest BCUT2D eigenvalue weighted by Crippen LogP contribution is -2.19. The number of hydrogen-bond donors (Lipinski definition) is 0. The number of fused-ring (bicyclic) bond motifs is 1. The van der Waals surface area contributed by atoms with Crippen LogP contribution in [0.25, 0.3) is 17.0 Å². The predicted molar refractivity (Wildman–Crippen MR) is 82.4 cm³/mol. The summed E-state index contributed by atoms with van der Waals surface area (Å²) < 4.78 is 1.74. The number of rotatable bonds is 2. The van der Waals surface area contributed by atoms with Crippen LogP contribution < -0.4 is 4.90 Å². The molecule has 1 fully saturated rings. The molecule has 3 heterocycles. The second kappa shape index (κ2) is 5.11. The van der Waals surface area contributed by atoms with Gasteiger partial charge in [0.15, 0.2) is 0 Å². The molecule has 1 aromatic carbocycles. The largest absolute Gasteiger partial charge is 0.356 e. The third-order valence-corrected chi connectivity index (χ3v) is 3.98. The van der Waals surface area contributed by atoms with Gasteiger partial charge in [0.05, 0.1) is 17.3 Å². The summed E-state index contributed by atoms with van der Waals surface area (Å²) in [5, 5.41) is 13.2. The van der Waals surface area contributed by atoms with Crippen molar-refractivity contribution >= 4 is 11.6 Å². The molecule has 0 saturated carbocycles. The summed E-state index contributed by atoms with van der Waals surface area (Å²) in [4.78, 5) is 11.1. The summed E-state index contributed by atoms with van der Waals surface area (Å²) >= 11 is 0. The average Bonchev–Trinajstić information content (AvgIpc) is 3.25. The van der Waals surface area contributed by atoms with Gasteiger partial charge in [-0.25, -0.2) is 0 Å². The van der Waals surface area contributed by atoms with Crippen molar-refractivity contribution in [3.63, 3.8) is 0 Å². The minimum Gasteiger partial charge on any atom is -0.356 e. The quantitative estimate of drug-likeness (QED) is 0.724. The van der Waals surface area contributed by atoms with Crippen LogP contribution >= 0.6 is 0 Å². The lowest BCUT2D eigenvalue weighted by Gasteiger charge is -2.17. The fourth-order valence-corrected chi connectivity index (χ4v) is 2.83. The molecule has 2 aromatic heterocycles. The first-order chi connectivity index (χ1) is 10.8. The van der Waals surface area contributed by atoms with Gasteiger partial charge in [-0.2, -0.15) is 24.8 Å². The molecule has 0 amide bonds. The van der Waals surface area contributed by atoms with E-state index in [2.05, 4.69) is 26.0 Å². The second-order valence-corrected chi connectivity index (χ2v) is 5.35. The molecular weight excluding hydrogens is 276 g/mol. The number of anilines is 1. The summed E-state index contributed by atoms with van der Waals surface area (Å²) in [5.74, 6) is 1.54. The van der Waals surface area contributed by atoms with E-state index in [0.29, 0.717) is 11.3 Å². The molecule has 0 spiro atoms. The molecule has 3 aromatic rings. The van der Waals surface area contributed by atoms with Gasteiger partial charge in [-0.3, -0.25) is 0 Å². The van der Waals surface area contributed by atoms with Crippen LogP contribution in [-0.4, -0.2) is 32.7 Å². The Morgan fingerprint density at radius 2 is 1.86 bits per heavy atom. The van der Waals surface area contributed by atoms with Crippen LogP contribution in [0.3, 0.4) is 0 Å². The van der Waals surface area contributed by atoms with E-state index in [1.807, 2.05) is 30.3 Å². The third kappa shape index (κ3) is 2.07. The lowest BCUT2D eigenvalue weighted by atomic mass is 10.1. The van der Waals surface area contributed by atoms with Crippen molar-refractivity contribution in [2.24, 2.45) is 0 Å². The van der Waals surface area contributed by atoms with Crippen molar-refractivity contribution in [3.8, 4) is 17.3 Å². The number of benzene rings is 1. The van der Waals surface area contributed by atoms with Crippen LogP contribution in [0.2, 0.25) is 0 Å². The maximum absolute atomic E-state index is 8.93. The molecule has 22 heavy (non-hydrogen) atoms. The van der Waals surface area contributed by atoms with Gasteiger partial charge in [-0.1, -0.05) is 12.1 Å². The monoisotopic (exact) mass is 290 g/mol. The second-order valence-electron chi connectivity index (χ2n) is 5.35. The first kappa shape index (κ1) is 12.8. The third-order valence-electron chi connectivity index (χ3n) is 3.98. The number of aromatic nitrogens is 4. The van der Waals surface area contributed by atoms with E-state index in [0.717, 1.165) is 30.2 Å². The Morgan fingerprint density at radius 3 is 2.59 bits per heavy atom. The van der Waals surface area contributed by atoms with Gasteiger partial charge in [-0.05, 0) is 25.0 Å². The van der Waals surface area contributed by atoms with E-state index >= 15 is 0 Å². The molecule has 1 saturated heterocycles. The fraction of sp³-hybridized carbons (Fsp3) is 0.250. The van der Waals surface area contributed by atoms with E-state index < -0.39 is 0 Å². The minimum atomic E-state index is 0.601. The van der Waals surface area contributed by atoms with Crippen molar-refractivity contribution in [1.82, 2.24) is 19.6 Å². The van der Waals surface area contributed by atoms with Crippen molar-refractivity contribution in [2.75, 3.05) is 18.0 Å². The standard InChI is InChI=1S/C16H14N6/c17-10-12-3-5-13(6-4-12)14-9-15(21-7-1-2-8-21)20-16-18-11-19-22(14)16/h3-6,9,11H,1-2,7-8H2. The molecular formula is C16H14N6. The van der Waals surface area contributed by atoms with Crippen LogP contribution in [0.15, 0.2) is 36.7 Å². The molecule has 0 N–H and O–H groups in total. The Hall–Kier alpha value is -2.94. The molecule has 1 aliphatic rings. The Bertz CT molecular complexity index is 852. The van der Waals surface area contributed by atoms with Gasteiger partial charge in [0, 0.05) is 24.7 Å². The van der Waals surface area contributed by atoms with Crippen molar-refractivity contribution < 1.29 is 0 Å². The zero-order valence-corrected chi connectivity index (χ0v) is 12.0. The molecule has 6 heteroatoms. The molecule has 0 radical (unpaired) electrons. The van der Waals surface area contributed by atoms with Crippen LogP contribution in [-0.2, 0) is 0 Å². The van der Waals surface area contributed by atoms with Crippen LogP contribution in [0, 0.1) is 11.3 Å². The summed E-state index contributed by atoms with van der Waals surface area (Å²) in [6, 6.07) is 11.7. The predicted octanol–water partition coefficient (Wildman–Crippen LogP) is 2.26. The minimum absolute atomic E-state index is 0.601. The van der Waals surface area contributed by atoms with Gasteiger partial charge in [0.2, 0.25) is 0 Å². The van der Waals surface area contributed by atoms with E-state index in [1.54, 1.807) is 4.52 Å². The van der Waals surface area contributed by atoms with E-state index in [-0.39, 0.29) is 0 Å². The highest BCUT2D eigenvalue weighted by atomic mass is 15.3. The highest BCUT2D eigenvalue weighted by molar-refractivity contribution is 5.66. The Labute approximate surface area is 127 Å². The maximum Gasteiger partial charge on any atom is 0.254 e. The molecule has 6 nitrogen and oxygen atoms in total. The van der Waals surface area contributed by atoms with Gasteiger partial charge in [0.1, 0.15) is 12.1 Å². The fourth-order valence-electron chi connectivity index (χ4n) is 2.83. The van der Waals surface area contributed by atoms with Gasteiger partial charge in [-0.15, -0.1) is 0 Å². The summed E-state index contributed by atoms with van der Waals surface area (Å²) in [5.41, 5.74) is 2.58. The zero-order valence-electron chi connectivity index (χ0n) is 12.0. The molecule has 1 aliphatic heterocycles. The highest BCUT2D eigenvalue weighted by Crippen LogP contribution is 2.26. The van der Waals surface area contributed by atoms with Crippen LogP contribution in [0.4, 0.5) is 5.82 Å². The van der Waals surface area contributed by atoms with Crippen molar-refractivity contribution in [1.29, 1.82) is 5.26 Å². The van der Waals surface area contributed by atoms with Gasteiger partial charge < -0.3 is 4.90 Å². The maximum atomic E-state index is 8.93. The topological polar surface area (TPSA) is 70.1 Å². The average molecular weight is 290 g/mol. The van der Waals surface area contributed by atoms with E-state index in [9.17, 15) is 0 Å². The Balaban J connectivity index is 1.87. The Morgan fingerprint density at radius 1 is 1.09 bits per heavy atom. The first-order valence-corrected chi connectivity index (χ1v) is 7.31. The normalized spacial score (nSPS) is 14.4. The smallest absolute Gasteiger partial charge is 0.254 e. The summed E-state index contributed by atoms with van der Waals surface area (Å²) in [7, 11) is 0. The number of hydrogen-bond acceptors (Lipinski definition) is 5. The van der Waals surface area contributed by atoms with E-state index in [1.165, 1.54) is 19.2 Å². The van der Waals surface area contributed by atoms with Gasteiger partial charge in [0.25, 0.3) is 5.78 Å². The van der Waals surface area contributed by atoms with Crippen molar-refractivity contribution in [3.05, 3.63) is 42.2 Å². The molecule has 0 unspecified atom stereocenters. The summed E-state index contributed by atoms with van der Waals surface area (Å²) in [6.45, 7) is 2.06. The lowest BCUT2D eigenvalue weighted by molar-refractivity contribution is 0.902. The number of nitrogens with zero attached hydrogens (tertiary/aromatic N) is 6. The zero-order chi connectivity index (χ0) is 14.9. The van der Waals surface area contributed by atoms with Crippen LogP contribution in [0.1, 0.15) is 18.4 Å². The SMILES string of the molecule is N#Cc1ccc(-c2cc(N3CCCC3)nc3ncnn23)cc1. The Kier molecular flexibility index (Phi) is 2.97. The van der Waals surface area contributed by atoms with E-state index in [4.69, 9.17) is 5.26 Å². The first-order valence-electron chi connectivity index (χ1n) is 7.31. The molecule has 0 atom stereocenters.